The summed E-state index contributed by atoms with van der Waals surface area (Å²) >= 11 is 0. The highest BCUT2D eigenvalue weighted by molar-refractivity contribution is 6.01. The third-order valence-corrected chi connectivity index (χ3v) is 7.40. The third-order valence-electron chi connectivity index (χ3n) is 7.40. The Morgan fingerprint density at radius 1 is 1.02 bits per heavy atom. The number of aromatic nitrogens is 1. The number of carbonyl (C=O) groups excluding carboxylic acids is 3. The Kier molecular flexibility index (Phi) is 11.4. The first-order valence-electron chi connectivity index (χ1n) is 14.5. The van der Waals surface area contributed by atoms with Gasteiger partial charge in [-0.15, -0.1) is 0 Å². The van der Waals surface area contributed by atoms with Crippen molar-refractivity contribution >= 4 is 41.0 Å². The smallest absolute Gasteiger partial charge is 0.323 e. The summed E-state index contributed by atoms with van der Waals surface area (Å²) < 4.78 is 10.8. The minimum absolute atomic E-state index is 0.00982. The monoisotopic (exact) mass is 618 g/mol. The number of hydrogen-bond acceptors (Lipinski definition) is 8. The Hall–Kier alpha value is -5.01. The number of urea groups is 1. The second-order valence-electron chi connectivity index (χ2n) is 10.6. The molecule has 4 amide bonds. The number of ether oxygens (including phenoxy) is 2. The van der Waals surface area contributed by atoms with E-state index >= 15 is 0 Å². The van der Waals surface area contributed by atoms with Gasteiger partial charge in [-0.1, -0.05) is 30.3 Å². The van der Waals surface area contributed by atoms with E-state index in [4.69, 9.17) is 9.47 Å². The zero-order chi connectivity index (χ0) is 32.3. The van der Waals surface area contributed by atoms with E-state index in [0.29, 0.717) is 54.6 Å². The fourth-order valence-electron chi connectivity index (χ4n) is 4.87. The van der Waals surface area contributed by atoms with Gasteiger partial charge in [0.25, 0.3) is 0 Å². The quantitative estimate of drug-likeness (QED) is 0.238. The van der Waals surface area contributed by atoms with Gasteiger partial charge in [0.1, 0.15) is 11.6 Å². The average molecular weight is 619 g/mol. The van der Waals surface area contributed by atoms with Gasteiger partial charge in [0.15, 0.2) is 0 Å². The number of amides is 4. The van der Waals surface area contributed by atoms with Crippen molar-refractivity contribution in [3.8, 4) is 5.75 Å². The second kappa shape index (κ2) is 15.6. The van der Waals surface area contributed by atoms with Crippen molar-refractivity contribution in [1.82, 2.24) is 14.8 Å². The van der Waals surface area contributed by atoms with E-state index in [9.17, 15) is 24.3 Å². The van der Waals surface area contributed by atoms with Crippen LogP contribution in [-0.2, 0) is 25.5 Å². The molecule has 3 aromatic rings. The van der Waals surface area contributed by atoms with Gasteiger partial charge in [-0.2, -0.15) is 0 Å². The molecule has 4 rings (SSSR count). The molecular formula is C32H38N6O7. The molecular weight excluding hydrogens is 580 g/mol. The van der Waals surface area contributed by atoms with E-state index in [1.54, 1.807) is 43.4 Å². The van der Waals surface area contributed by atoms with Gasteiger partial charge in [0.05, 0.1) is 51.4 Å². The fraction of sp³-hybridized carbons (Fsp3) is 0.344. The van der Waals surface area contributed by atoms with Gasteiger partial charge in [-0.05, 0) is 47.9 Å². The summed E-state index contributed by atoms with van der Waals surface area (Å²) in [7, 11) is 3.05. The molecule has 13 heteroatoms. The first kappa shape index (κ1) is 32.9. The Morgan fingerprint density at radius 2 is 1.76 bits per heavy atom. The van der Waals surface area contributed by atoms with E-state index in [2.05, 4.69) is 20.9 Å². The summed E-state index contributed by atoms with van der Waals surface area (Å²) in [5.74, 6) is -0.927. The van der Waals surface area contributed by atoms with Gasteiger partial charge >= 0.3 is 12.0 Å². The molecule has 1 aliphatic heterocycles. The molecule has 0 aliphatic carbocycles. The zero-order valence-corrected chi connectivity index (χ0v) is 25.5. The molecule has 45 heavy (non-hydrogen) atoms. The van der Waals surface area contributed by atoms with E-state index in [1.165, 1.54) is 18.2 Å². The summed E-state index contributed by atoms with van der Waals surface area (Å²) in [5.41, 5.74) is 3.23. The van der Waals surface area contributed by atoms with Crippen molar-refractivity contribution in [1.29, 1.82) is 0 Å². The van der Waals surface area contributed by atoms with Crippen LogP contribution in [0.15, 0.2) is 60.8 Å². The minimum Gasteiger partial charge on any atom is -0.495 e. The van der Waals surface area contributed by atoms with Crippen LogP contribution in [0.4, 0.5) is 22.0 Å². The van der Waals surface area contributed by atoms with Crippen molar-refractivity contribution in [2.24, 2.45) is 0 Å². The molecule has 1 saturated heterocycles. The van der Waals surface area contributed by atoms with Crippen LogP contribution in [0.25, 0.3) is 0 Å². The van der Waals surface area contributed by atoms with Crippen molar-refractivity contribution in [3.63, 3.8) is 0 Å². The number of nitrogens with one attached hydrogen (secondary N) is 3. The maximum absolute atomic E-state index is 12.9. The minimum atomic E-state index is -1.05. The van der Waals surface area contributed by atoms with Crippen molar-refractivity contribution in [2.45, 2.75) is 25.8 Å². The molecule has 238 valence electrons. The Bertz CT molecular complexity index is 1510. The standard InChI is InChI=1S/C32H38N6O7/c1-21-6-4-5-7-24(21)34-32(43)35-25-10-8-22(16-27(25)44-3)17-29(39)36-28-11-9-23(19-33-28)26(18-31(41)42)37(2)30(40)20-38-12-14-45-15-13-38/h4-11,16,19,26H,12-15,17-18,20H2,1-3H3,(H,41,42)(H,33,36,39)(H2,34,35,43). The number of anilines is 3. The molecule has 13 nitrogen and oxygen atoms in total. The number of benzene rings is 2. The highest BCUT2D eigenvalue weighted by Crippen LogP contribution is 2.27. The summed E-state index contributed by atoms with van der Waals surface area (Å²) in [6.45, 7) is 4.44. The summed E-state index contributed by atoms with van der Waals surface area (Å²) in [6, 6.07) is 14.5. The average Bonchev–Trinajstić information content (AvgIpc) is 3.02. The van der Waals surface area contributed by atoms with Gasteiger partial charge < -0.3 is 35.4 Å². The van der Waals surface area contributed by atoms with Gasteiger partial charge in [0, 0.05) is 32.0 Å². The van der Waals surface area contributed by atoms with Crippen molar-refractivity contribution < 1.29 is 33.8 Å². The van der Waals surface area contributed by atoms with E-state index in [1.807, 2.05) is 30.0 Å². The maximum atomic E-state index is 12.9. The number of nitrogens with zero attached hydrogens (tertiary/aromatic N) is 3. The lowest BCUT2D eigenvalue weighted by atomic mass is 10.0. The van der Waals surface area contributed by atoms with Crippen LogP contribution in [0.2, 0.25) is 0 Å². The molecule has 0 saturated carbocycles. The summed E-state index contributed by atoms with van der Waals surface area (Å²) in [6.07, 6.45) is 1.18. The molecule has 4 N–H and O–H groups in total. The van der Waals surface area contributed by atoms with Crippen LogP contribution in [0.3, 0.4) is 0 Å². The van der Waals surface area contributed by atoms with Crippen LogP contribution in [0, 0.1) is 6.92 Å². The van der Waals surface area contributed by atoms with E-state index in [0.717, 1.165) is 5.56 Å². The van der Waals surface area contributed by atoms with Crippen molar-refractivity contribution in [3.05, 3.63) is 77.5 Å². The highest BCUT2D eigenvalue weighted by Gasteiger charge is 2.26. The van der Waals surface area contributed by atoms with Crippen molar-refractivity contribution in [2.75, 3.05) is 63.0 Å². The van der Waals surface area contributed by atoms with Crippen LogP contribution in [0.1, 0.15) is 29.2 Å². The number of likely N-dealkylation sites (N-methyl/N-ethyl adjacent to an activating group) is 1. The van der Waals surface area contributed by atoms with E-state index < -0.39 is 18.0 Å². The molecule has 2 aromatic carbocycles. The summed E-state index contributed by atoms with van der Waals surface area (Å²) in [5, 5.41) is 17.8. The molecule has 1 fully saturated rings. The maximum Gasteiger partial charge on any atom is 0.323 e. The summed E-state index contributed by atoms with van der Waals surface area (Å²) in [4.78, 5) is 57.6. The van der Waals surface area contributed by atoms with Crippen LogP contribution >= 0.6 is 0 Å². The number of para-hydroxylation sites is 1. The molecule has 0 bridgehead atoms. The predicted molar refractivity (Wildman–Crippen MR) is 168 cm³/mol. The first-order valence-corrected chi connectivity index (χ1v) is 14.5. The second-order valence-corrected chi connectivity index (χ2v) is 10.6. The number of rotatable bonds is 12. The number of morpholine rings is 1. The number of carbonyl (C=O) groups is 4. The molecule has 1 unspecified atom stereocenters. The first-order chi connectivity index (χ1) is 21.6. The van der Waals surface area contributed by atoms with Gasteiger partial charge in [0.2, 0.25) is 11.8 Å². The Balaban J connectivity index is 1.35. The number of hydrogen-bond donors (Lipinski definition) is 4. The Labute approximate surface area is 261 Å². The number of methoxy groups -OCH3 is 1. The lowest BCUT2D eigenvalue weighted by Crippen LogP contribution is -2.44. The lowest BCUT2D eigenvalue weighted by molar-refractivity contribution is -0.141. The number of aryl methyl sites for hydroxylation is 1. The lowest BCUT2D eigenvalue weighted by Gasteiger charge is -2.31. The van der Waals surface area contributed by atoms with Crippen LogP contribution < -0.4 is 20.7 Å². The molecule has 1 atom stereocenters. The number of carboxylic acid groups (broad SMARTS) is 1. The topological polar surface area (TPSA) is 162 Å². The molecule has 0 spiro atoms. The molecule has 2 heterocycles. The molecule has 1 aliphatic rings. The highest BCUT2D eigenvalue weighted by atomic mass is 16.5. The largest absolute Gasteiger partial charge is 0.495 e. The normalized spacial score (nSPS) is 13.8. The van der Waals surface area contributed by atoms with E-state index in [-0.39, 0.29) is 37.0 Å². The molecule has 1 aromatic heterocycles. The number of pyridine rings is 1. The predicted octanol–water partition coefficient (Wildman–Crippen LogP) is 3.53. The third kappa shape index (κ3) is 9.49. The SMILES string of the molecule is COc1cc(CC(=O)Nc2ccc(C(CC(=O)O)N(C)C(=O)CN3CCOCC3)cn2)ccc1NC(=O)Nc1ccccc1C. The Morgan fingerprint density at radius 3 is 2.42 bits per heavy atom. The fourth-order valence-corrected chi connectivity index (χ4v) is 4.87. The van der Waals surface area contributed by atoms with Crippen LogP contribution in [-0.4, -0.2) is 90.7 Å². The number of aliphatic carboxylic acids is 1. The van der Waals surface area contributed by atoms with Gasteiger partial charge in [-0.25, -0.2) is 9.78 Å². The zero-order valence-electron chi connectivity index (χ0n) is 25.5. The number of carboxylic acids is 1. The van der Waals surface area contributed by atoms with Gasteiger partial charge in [-0.3, -0.25) is 19.3 Å². The van der Waals surface area contributed by atoms with Crippen LogP contribution in [0.5, 0.6) is 5.75 Å². The molecule has 0 radical (unpaired) electrons.